The van der Waals surface area contributed by atoms with Crippen LogP contribution in [0.5, 0.6) is 0 Å². The van der Waals surface area contributed by atoms with Crippen LogP contribution in [0.15, 0.2) is 18.2 Å². The summed E-state index contributed by atoms with van der Waals surface area (Å²) >= 11 is 0. The van der Waals surface area contributed by atoms with Crippen LogP contribution >= 0.6 is 0 Å². The first kappa shape index (κ1) is 11.5. The van der Waals surface area contributed by atoms with Gasteiger partial charge in [-0.25, -0.2) is 4.39 Å². The fraction of sp³-hybridized carbons (Fsp3) is 0.417. The molecule has 0 bridgehead atoms. The minimum atomic E-state index is -0.461. The van der Waals surface area contributed by atoms with Crippen LogP contribution in [0.2, 0.25) is 0 Å². The minimum absolute atomic E-state index is 0.0930. The predicted octanol–water partition coefficient (Wildman–Crippen LogP) is 3.30. The summed E-state index contributed by atoms with van der Waals surface area (Å²) in [4.78, 5) is 0. The van der Waals surface area contributed by atoms with Crippen LogP contribution in [0.4, 0.5) is 10.1 Å². The largest absolute Gasteiger partial charge is 0.385 e. The Labute approximate surface area is 89.7 Å². The first-order valence-electron chi connectivity index (χ1n) is 5.21. The van der Waals surface area contributed by atoms with Crippen molar-refractivity contribution in [2.24, 2.45) is 0 Å². The van der Waals surface area contributed by atoms with Crippen molar-refractivity contribution in [3.63, 3.8) is 0 Å². The third-order valence-corrected chi connectivity index (χ3v) is 2.20. The molecule has 0 amide bonds. The summed E-state index contributed by atoms with van der Waals surface area (Å²) in [5.74, 6) is -0.461. The van der Waals surface area contributed by atoms with Crippen LogP contribution in [0.1, 0.15) is 31.7 Å². The second-order valence-electron chi connectivity index (χ2n) is 3.44. The molecule has 0 saturated heterocycles. The highest BCUT2D eigenvalue weighted by Crippen LogP contribution is 2.13. The summed E-state index contributed by atoms with van der Waals surface area (Å²) in [6, 6.07) is 6.34. The second kappa shape index (κ2) is 6.02. The Morgan fingerprint density at radius 1 is 1.40 bits per heavy atom. The number of nitrogens with one attached hydrogen (secondary N) is 1. The van der Waals surface area contributed by atoms with Crippen molar-refractivity contribution < 1.29 is 4.39 Å². The Balaban J connectivity index is 2.52. The molecular weight excluding hydrogens is 191 g/mol. The molecule has 0 aliphatic rings. The fourth-order valence-corrected chi connectivity index (χ4v) is 1.33. The zero-order valence-electron chi connectivity index (χ0n) is 8.89. The van der Waals surface area contributed by atoms with Gasteiger partial charge in [-0.15, -0.1) is 0 Å². The van der Waals surface area contributed by atoms with E-state index in [1.807, 2.05) is 6.07 Å². The molecule has 0 spiro atoms. The Bertz CT molecular complexity index is 355. The van der Waals surface area contributed by atoms with Crippen LogP contribution in [0.3, 0.4) is 0 Å². The zero-order chi connectivity index (χ0) is 11.1. The topological polar surface area (TPSA) is 35.8 Å². The number of unbranched alkanes of at least 4 members (excludes halogenated alkanes) is 2. The molecule has 0 saturated carbocycles. The standard InChI is InChI=1S/C12H15FN2/c1-2-3-4-7-15-11-5-6-12(13)10(8-11)9-14/h5-6,8,15H,2-4,7H2,1H3. The van der Waals surface area contributed by atoms with E-state index in [0.717, 1.165) is 18.7 Å². The molecule has 1 rings (SSSR count). The first-order valence-corrected chi connectivity index (χ1v) is 5.21. The Morgan fingerprint density at radius 2 is 2.20 bits per heavy atom. The molecule has 0 heterocycles. The van der Waals surface area contributed by atoms with Crippen LogP contribution in [-0.4, -0.2) is 6.54 Å². The van der Waals surface area contributed by atoms with Gasteiger partial charge in [0.25, 0.3) is 0 Å². The van der Waals surface area contributed by atoms with Gasteiger partial charge in [-0.2, -0.15) is 5.26 Å². The summed E-state index contributed by atoms with van der Waals surface area (Å²) in [5.41, 5.74) is 0.902. The van der Waals surface area contributed by atoms with Crippen molar-refractivity contribution >= 4 is 5.69 Å². The number of hydrogen-bond acceptors (Lipinski definition) is 2. The number of benzene rings is 1. The Morgan fingerprint density at radius 3 is 2.87 bits per heavy atom. The van der Waals surface area contributed by atoms with E-state index in [9.17, 15) is 4.39 Å². The molecule has 0 unspecified atom stereocenters. The smallest absolute Gasteiger partial charge is 0.141 e. The van der Waals surface area contributed by atoms with E-state index in [1.54, 1.807) is 12.1 Å². The average Bonchev–Trinajstić information content (AvgIpc) is 2.26. The summed E-state index contributed by atoms with van der Waals surface area (Å²) in [7, 11) is 0. The minimum Gasteiger partial charge on any atom is -0.385 e. The van der Waals surface area contributed by atoms with Crippen molar-refractivity contribution in [2.75, 3.05) is 11.9 Å². The molecule has 80 valence electrons. The van der Waals surface area contributed by atoms with E-state index < -0.39 is 5.82 Å². The first-order chi connectivity index (χ1) is 7.27. The van der Waals surface area contributed by atoms with Crippen molar-refractivity contribution in [3.05, 3.63) is 29.6 Å². The lowest BCUT2D eigenvalue weighted by molar-refractivity contribution is 0.624. The van der Waals surface area contributed by atoms with E-state index in [0.29, 0.717) is 0 Å². The molecule has 1 N–H and O–H groups in total. The summed E-state index contributed by atoms with van der Waals surface area (Å²) in [5, 5.41) is 11.8. The van der Waals surface area contributed by atoms with Crippen molar-refractivity contribution in [3.8, 4) is 6.07 Å². The van der Waals surface area contributed by atoms with Crippen molar-refractivity contribution in [1.29, 1.82) is 5.26 Å². The molecule has 2 nitrogen and oxygen atoms in total. The van der Waals surface area contributed by atoms with Crippen LogP contribution < -0.4 is 5.32 Å². The molecule has 1 aromatic rings. The highest BCUT2D eigenvalue weighted by atomic mass is 19.1. The van der Waals surface area contributed by atoms with Crippen LogP contribution in [0.25, 0.3) is 0 Å². The molecule has 0 aliphatic heterocycles. The van der Waals surface area contributed by atoms with Crippen LogP contribution in [-0.2, 0) is 0 Å². The van der Waals surface area contributed by atoms with E-state index in [-0.39, 0.29) is 5.56 Å². The normalized spacial score (nSPS) is 9.67. The molecule has 0 fully saturated rings. The number of rotatable bonds is 5. The molecular formula is C12H15FN2. The number of halogens is 1. The van der Waals surface area contributed by atoms with Gasteiger partial charge >= 0.3 is 0 Å². The monoisotopic (exact) mass is 206 g/mol. The van der Waals surface area contributed by atoms with E-state index >= 15 is 0 Å². The molecule has 15 heavy (non-hydrogen) atoms. The van der Waals surface area contributed by atoms with Gasteiger partial charge < -0.3 is 5.32 Å². The van der Waals surface area contributed by atoms with E-state index in [4.69, 9.17) is 5.26 Å². The Hall–Kier alpha value is -1.56. The highest BCUT2D eigenvalue weighted by molar-refractivity contribution is 5.49. The average molecular weight is 206 g/mol. The molecule has 0 aromatic heterocycles. The second-order valence-corrected chi connectivity index (χ2v) is 3.44. The number of nitriles is 1. The molecule has 1 aromatic carbocycles. The third-order valence-electron chi connectivity index (χ3n) is 2.20. The predicted molar refractivity (Wildman–Crippen MR) is 59.1 cm³/mol. The maximum Gasteiger partial charge on any atom is 0.141 e. The van der Waals surface area contributed by atoms with Crippen molar-refractivity contribution in [2.45, 2.75) is 26.2 Å². The van der Waals surface area contributed by atoms with Crippen LogP contribution in [0, 0.1) is 17.1 Å². The maximum atomic E-state index is 13.0. The fourth-order valence-electron chi connectivity index (χ4n) is 1.33. The van der Waals surface area contributed by atoms with Gasteiger partial charge in [-0.3, -0.25) is 0 Å². The Kier molecular flexibility index (Phi) is 4.62. The summed E-state index contributed by atoms with van der Waals surface area (Å²) in [6.45, 7) is 3.01. The van der Waals surface area contributed by atoms with Gasteiger partial charge in [0.05, 0.1) is 5.56 Å². The molecule has 0 atom stereocenters. The molecule has 3 heteroatoms. The van der Waals surface area contributed by atoms with E-state index in [2.05, 4.69) is 12.2 Å². The molecule has 0 aliphatic carbocycles. The van der Waals surface area contributed by atoms with Gasteiger partial charge in [0.1, 0.15) is 11.9 Å². The number of hydrogen-bond donors (Lipinski definition) is 1. The summed E-state index contributed by atoms with van der Waals surface area (Å²) < 4.78 is 13.0. The lowest BCUT2D eigenvalue weighted by Crippen LogP contribution is -2.01. The lowest BCUT2D eigenvalue weighted by atomic mass is 10.2. The number of anilines is 1. The van der Waals surface area contributed by atoms with E-state index in [1.165, 1.54) is 18.9 Å². The van der Waals surface area contributed by atoms with Gasteiger partial charge in [0.15, 0.2) is 0 Å². The third kappa shape index (κ3) is 3.59. The number of nitrogens with zero attached hydrogens (tertiary/aromatic N) is 1. The van der Waals surface area contributed by atoms with Gasteiger partial charge in [-0.05, 0) is 24.6 Å². The lowest BCUT2D eigenvalue weighted by Gasteiger charge is -2.06. The quantitative estimate of drug-likeness (QED) is 0.750. The van der Waals surface area contributed by atoms with Gasteiger partial charge in [0.2, 0.25) is 0 Å². The maximum absolute atomic E-state index is 13.0. The summed E-state index contributed by atoms with van der Waals surface area (Å²) in [6.07, 6.45) is 3.45. The van der Waals surface area contributed by atoms with Crippen molar-refractivity contribution in [1.82, 2.24) is 0 Å². The van der Waals surface area contributed by atoms with Gasteiger partial charge in [-0.1, -0.05) is 19.8 Å². The zero-order valence-corrected chi connectivity index (χ0v) is 8.89. The van der Waals surface area contributed by atoms with Gasteiger partial charge in [0, 0.05) is 12.2 Å². The highest BCUT2D eigenvalue weighted by Gasteiger charge is 2.01. The SMILES string of the molecule is CCCCCNc1ccc(F)c(C#N)c1. The molecule has 0 radical (unpaired) electrons.